The molecule has 10 heteroatoms. The van der Waals surface area contributed by atoms with Gasteiger partial charge in [-0.25, -0.2) is 13.4 Å². The van der Waals surface area contributed by atoms with Gasteiger partial charge in [0, 0.05) is 32.2 Å². The predicted octanol–water partition coefficient (Wildman–Crippen LogP) is 3.08. The summed E-state index contributed by atoms with van der Waals surface area (Å²) >= 11 is 1.40. The molecule has 0 spiro atoms. The van der Waals surface area contributed by atoms with Crippen molar-refractivity contribution in [1.29, 1.82) is 0 Å². The van der Waals surface area contributed by atoms with Gasteiger partial charge in [0.2, 0.25) is 0 Å². The second-order valence-electron chi connectivity index (χ2n) is 7.64. The number of nitrogens with zero attached hydrogens (tertiary/aromatic N) is 3. The molecular formula is C23H27N3O5S2. The van der Waals surface area contributed by atoms with Gasteiger partial charge in [-0.15, -0.1) is 0 Å². The van der Waals surface area contributed by atoms with Crippen LogP contribution < -0.4 is 9.64 Å². The number of anilines is 1. The Morgan fingerprint density at radius 3 is 2.70 bits per heavy atom. The molecule has 1 aliphatic heterocycles. The number of ether oxygens (including phenoxy) is 2. The van der Waals surface area contributed by atoms with E-state index >= 15 is 0 Å². The van der Waals surface area contributed by atoms with Gasteiger partial charge in [-0.2, -0.15) is 0 Å². The largest absolute Gasteiger partial charge is 0.497 e. The molecule has 1 saturated heterocycles. The Balaban J connectivity index is 1.72. The van der Waals surface area contributed by atoms with Gasteiger partial charge in [0.1, 0.15) is 5.75 Å². The minimum Gasteiger partial charge on any atom is -0.497 e. The Kier molecular flexibility index (Phi) is 7.28. The first-order valence-corrected chi connectivity index (χ1v) is 13.3. The number of morpholine rings is 1. The number of hydrogen-bond acceptors (Lipinski definition) is 8. The van der Waals surface area contributed by atoms with E-state index in [2.05, 4.69) is 4.90 Å². The third kappa shape index (κ3) is 5.19. The van der Waals surface area contributed by atoms with Crippen molar-refractivity contribution in [2.45, 2.75) is 11.8 Å². The fraction of sp³-hybridized carbons (Fsp3) is 0.391. The first-order chi connectivity index (χ1) is 15.9. The standard InChI is InChI=1S/C23H27N3O5S2/c1-3-33(28,29)21-7-5-4-6-18(21)22(27)26(11-10-25-12-14-31-15-13-25)23-24-19-16-17(30-2)8-9-20(19)32-23/h4-9,16H,3,10-15H2,1-2H3. The second-order valence-corrected chi connectivity index (χ2v) is 10.9. The maximum absolute atomic E-state index is 13.8. The van der Waals surface area contributed by atoms with E-state index in [-0.39, 0.29) is 22.1 Å². The van der Waals surface area contributed by atoms with Gasteiger partial charge in [-0.1, -0.05) is 30.4 Å². The molecule has 0 radical (unpaired) electrons. The molecule has 0 atom stereocenters. The topological polar surface area (TPSA) is 89.0 Å². The second kappa shape index (κ2) is 10.2. The van der Waals surface area contributed by atoms with E-state index in [1.807, 2.05) is 18.2 Å². The van der Waals surface area contributed by atoms with Crippen LogP contribution >= 0.6 is 11.3 Å². The molecule has 3 aromatic rings. The highest BCUT2D eigenvalue weighted by Crippen LogP contribution is 2.32. The maximum atomic E-state index is 13.8. The third-order valence-corrected chi connectivity index (χ3v) is 8.48. The Hall–Kier alpha value is -2.53. The Bertz CT molecular complexity index is 1240. The van der Waals surface area contributed by atoms with E-state index in [4.69, 9.17) is 14.5 Å². The number of aromatic nitrogens is 1. The number of carbonyl (C=O) groups is 1. The van der Waals surface area contributed by atoms with Gasteiger partial charge in [0.15, 0.2) is 15.0 Å². The molecule has 2 heterocycles. The number of amides is 1. The number of sulfone groups is 1. The number of thiazole rings is 1. The highest BCUT2D eigenvalue weighted by molar-refractivity contribution is 7.91. The molecule has 1 fully saturated rings. The average molecular weight is 490 g/mol. The van der Waals surface area contributed by atoms with E-state index in [9.17, 15) is 13.2 Å². The zero-order valence-corrected chi connectivity index (χ0v) is 20.3. The number of carbonyl (C=O) groups excluding carboxylic acids is 1. The highest BCUT2D eigenvalue weighted by Gasteiger charge is 2.28. The van der Waals surface area contributed by atoms with E-state index in [1.165, 1.54) is 17.4 Å². The lowest BCUT2D eigenvalue weighted by Crippen LogP contribution is -2.43. The predicted molar refractivity (Wildman–Crippen MR) is 129 cm³/mol. The van der Waals surface area contributed by atoms with Crippen molar-refractivity contribution in [1.82, 2.24) is 9.88 Å². The zero-order valence-electron chi connectivity index (χ0n) is 18.7. The normalized spacial score (nSPS) is 15.0. The summed E-state index contributed by atoms with van der Waals surface area (Å²) in [6.45, 7) is 5.50. The Morgan fingerprint density at radius 1 is 1.21 bits per heavy atom. The minimum absolute atomic E-state index is 0.0525. The summed E-state index contributed by atoms with van der Waals surface area (Å²) in [7, 11) is -1.97. The fourth-order valence-corrected chi connectivity index (χ4v) is 5.76. The van der Waals surface area contributed by atoms with Crippen LogP contribution in [0.3, 0.4) is 0 Å². The summed E-state index contributed by atoms with van der Waals surface area (Å²) in [4.78, 5) is 22.3. The smallest absolute Gasteiger partial charge is 0.261 e. The molecule has 0 bridgehead atoms. The monoisotopic (exact) mass is 489 g/mol. The molecule has 0 aliphatic carbocycles. The van der Waals surface area contributed by atoms with Crippen LogP contribution in [0.2, 0.25) is 0 Å². The zero-order chi connectivity index (χ0) is 23.4. The van der Waals surface area contributed by atoms with Crippen LogP contribution in [0.15, 0.2) is 47.4 Å². The van der Waals surface area contributed by atoms with E-state index < -0.39 is 9.84 Å². The van der Waals surface area contributed by atoms with Crippen molar-refractivity contribution in [3.63, 3.8) is 0 Å². The lowest BCUT2D eigenvalue weighted by molar-refractivity contribution is 0.0391. The first kappa shape index (κ1) is 23.6. The molecule has 1 aliphatic rings. The Labute approximate surface area is 197 Å². The molecule has 4 rings (SSSR count). The van der Waals surface area contributed by atoms with Gasteiger partial charge in [0.05, 0.1) is 46.8 Å². The van der Waals surface area contributed by atoms with E-state index in [0.29, 0.717) is 37.2 Å². The molecule has 0 saturated carbocycles. The molecular weight excluding hydrogens is 462 g/mol. The number of methoxy groups -OCH3 is 1. The maximum Gasteiger partial charge on any atom is 0.261 e. The van der Waals surface area contributed by atoms with Crippen LogP contribution in [0, 0.1) is 0 Å². The van der Waals surface area contributed by atoms with Crippen molar-refractivity contribution in [3.05, 3.63) is 48.0 Å². The van der Waals surface area contributed by atoms with Gasteiger partial charge in [-0.3, -0.25) is 14.6 Å². The lowest BCUT2D eigenvalue weighted by Gasteiger charge is -2.29. The average Bonchev–Trinajstić information content (AvgIpc) is 3.27. The molecule has 1 amide bonds. The van der Waals surface area contributed by atoms with E-state index in [1.54, 1.807) is 37.1 Å². The molecule has 2 aromatic carbocycles. The van der Waals surface area contributed by atoms with Gasteiger partial charge >= 0.3 is 0 Å². The molecule has 176 valence electrons. The van der Waals surface area contributed by atoms with Crippen molar-refractivity contribution < 1.29 is 22.7 Å². The highest BCUT2D eigenvalue weighted by atomic mass is 32.2. The van der Waals surface area contributed by atoms with Crippen LogP contribution in [-0.4, -0.2) is 76.5 Å². The summed E-state index contributed by atoms with van der Waals surface area (Å²) in [5, 5.41) is 0.528. The molecule has 1 aromatic heterocycles. The van der Waals surface area contributed by atoms with Crippen LogP contribution in [-0.2, 0) is 14.6 Å². The van der Waals surface area contributed by atoms with Crippen LogP contribution in [0.5, 0.6) is 5.75 Å². The van der Waals surface area contributed by atoms with Crippen molar-refractivity contribution in [3.8, 4) is 5.75 Å². The molecule has 0 unspecified atom stereocenters. The van der Waals surface area contributed by atoms with Gasteiger partial charge in [-0.05, 0) is 24.3 Å². The summed E-state index contributed by atoms with van der Waals surface area (Å²) < 4.78 is 37.0. The van der Waals surface area contributed by atoms with Crippen molar-refractivity contribution in [2.75, 3.05) is 57.2 Å². The molecule has 0 N–H and O–H groups in total. The first-order valence-electron chi connectivity index (χ1n) is 10.8. The summed E-state index contributed by atoms with van der Waals surface area (Å²) in [6.07, 6.45) is 0. The molecule has 33 heavy (non-hydrogen) atoms. The summed E-state index contributed by atoms with van der Waals surface area (Å²) in [6, 6.07) is 12.0. The minimum atomic E-state index is -3.57. The summed E-state index contributed by atoms with van der Waals surface area (Å²) in [5.74, 6) is 0.235. The van der Waals surface area contributed by atoms with Crippen LogP contribution in [0.1, 0.15) is 17.3 Å². The van der Waals surface area contributed by atoms with Crippen molar-refractivity contribution >= 4 is 42.4 Å². The number of fused-ring (bicyclic) bond motifs is 1. The number of rotatable bonds is 8. The van der Waals surface area contributed by atoms with Crippen LogP contribution in [0.25, 0.3) is 10.2 Å². The SMILES string of the molecule is CCS(=O)(=O)c1ccccc1C(=O)N(CCN1CCOCC1)c1nc2cc(OC)ccc2s1. The van der Waals surface area contributed by atoms with E-state index in [0.717, 1.165) is 23.3 Å². The number of hydrogen-bond donors (Lipinski definition) is 0. The lowest BCUT2D eigenvalue weighted by atomic mass is 10.2. The Morgan fingerprint density at radius 2 is 1.97 bits per heavy atom. The number of benzene rings is 2. The fourth-order valence-electron chi connectivity index (χ4n) is 3.70. The van der Waals surface area contributed by atoms with Gasteiger partial charge in [0.25, 0.3) is 5.91 Å². The molecule has 8 nitrogen and oxygen atoms in total. The third-order valence-electron chi connectivity index (χ3n) is 5.64. The quantitative estimate of drug-likeness (QED) is 0.480. The van der Waals surface area contributed by atoms with Crippen LogP contribution in [0.4, 0.5) is 5.13 Å². The summed E-state index contributed by atoms with van der Waals surface area (Å²) in [5.41, 5.74) is 0.895. The van der Waals surface area contributed by atoms with Crippen molar-refractivity contribution in [2.24, 2.45) is 0 Å². The van der Waals surface area contributed by atoms with Gasteiger partial charge < -0.3 is 9.47 Å².